The largest absolute Gasteiger partial charge is 0.573 e. The maximum absolute atomic E-state index is 11.9. The van der Waals surface area contributed by atoms with Gasteiger partial charge in [0.2, 0.25) is 5.91 Å². The monoisotopic (exact) mass is 277 g/mol. The molecule has 0 spiro atoms. The Kier molecular flexibility index (Phi) is 4.96. The molecule has 1 aromatic rings. The molecule has 0 aliphatic carbocycles. The minimum atomic E-state index is -4.74. The Morgan fingerprint density at radius 2 is 2.11 bits per heavy atom. The number of pyridine rings is 1. The third kappa shape index (κ3) is 6.49. The van der Waals surface area contributed by atoms with Crippen molar-refractivity contribution in [2.24, 2.45) is 0 Å². The van der Waals surface area contributed by atoms with E-state index >= 15 is 0 Å². The van der Waals surface area contributed by atoms with Crippen molar-refractivity contribution in [3.63, 3.8) is 0 Å². The van der Waals surface area contributed by atoms with Gasteiger partial charge in [-0.15, -0.1) is 13.2 Å². The van der Waals surface area contributed by atoms with Gasteiger partial charge >= 0.3 is 6.36 Å². The van der Waals surface area contributed by atoms with E-state index in [0.29, 0.717) is 0 Å². The first-order chi connectivity index (χ1) is 8.76. The van der Waals surface area contributed by atoms with Crippen LogP contribution in [0.1, 0.15) is 13.8 Å². The number of carbonyl (C=O) groups excluding carboxylic acids is 1. The number of rotatable bonds is 5. The van der Waals surface area contributed by atoms with E-state index in [-0.39, 0.29) is 24.3 Å². The topological polar surface area (TPSA) is 63.2 Å². The van der Waals surface area contributed by atoms with E-state index in [0.717, 1.165) is 12.3 Å². The molecule has 106 valence electrons. The van der Waals surface area contributed by atoms with Crippen molar-refractivity contribution in [1.29, 1.82) is 0 Å². The molecule has 1 heterocycles. The molecule has 0 unspecified atom stereocenters. The highest BCUT2D eigenvalue weighted by molar-refractivity contribution is 5.80. The molecule has 1 amide bonds. The molecule has 0 fully saturated rings. The Hall–Kier alpha value is -1.99. The summed E-state index contributed by atoms with van der Waals surface area (Å²) < 4.78 is 39.4. The first-order valence-corrected chi connectivity index (χ1v) is 5.51. The molecule has 0 bridgehead atoms. The molecule has 2 N–H and O–H groups in total. The van der Waals surface area contributed by atoms with Gasteiger partial charge in [0.05, 0.1) is 12.7 Å². The van der Waals surface area contributed by atoms with E-state index in [1.165, 1.54) is 6.07 Å². The number of nitrogens with one attached hydrogen (secondary N) is 2. The summed E-state index contributed by atoms with van der Waals surface area (Å²) in [5.74, 6) is -0.356. The maximum atomic E-state index is 11.9. The summed E-state index contributed by atoms with van der Waals surface area (Å²) in [6, 6.07) is 2.43. The van der Waals surface area contributed by atoms with Crippen LogP contribution in [0.15, 0.2) is 18.3 Å². The number of hydrogen-bond donors (Lipinski definition) is 2. The minimum absolute atomic E-state index is 0.00927. The predicted octanol–water partition coefficient (Wildman–Crippen LogP) is 1.92. The number of halogens is 3. The summed E-state index contributed by atoms with van der Waals surface area (Å²) >= 11 is 0. The molecule has 8 heteroatoms. The summed E-state index contributed by atoms with van der Waals surface area (Å²) in [6.45, 7) is 3.63. The fourth-order valence-corrected chi connectivity index (χ4v) is 1.22. The van der Waals surface area contributed by atoms with Crippen LogP contribution in [0.25, 0.3) is 0 Å². The minimum Gasteiger partial charge on any atom is -0.404 e. The molecular weight excluding hydrogens is 263 g/mol. The van der Waals surface area contributed by atoms with Gasteiger partial charge in [-0.1, -0.05) is 0 Å². The van der Waals surface area contributed by atoms with Gasteiger partial charge in [0, 0.05) is 6.04 Å². The van der Waals surface area contributed by atoms with Crippen molar-refractivity contribution < 1.29 is 22.7 Å². The van der Waals surface area contributed by atoms with Crippen molar-refractivity contribution in [3.8, 4) is 5.75 Å². The maximum Gasteiger partial charge on any atom is 0.573 e. The second-order valence-corrected chi connectivity index (χ2v) is 4.00. The smallest absolute Gasteiger partial charge is 0.404 e. The van der Waals surface area contributed by atoms with Gasteiger partial charge in [-0.3, -0.25) is 4.79 Å². The van der Waals surface area contributed by atoms with Gasteiger partial charge in [-0.05, 0) is 26.0 Å². The Morgan fingerprint density at radius 1 is 1.42 bits per heavy atom. The predicted molar refractivity (Wildman–Crippen MR) is 62.7 cm³/mol. The average molecular weight is 277 g/mol. The Balaban J connectivity index is 2.46. The summed E-state index contributed by atoms with van der Waals surface area (Å²) in [5.41, 5.74) is 0. The Labute approximate surface area is 108 Å². The van der Waals surface area contributed by atoms with E-state index < -0.39 is 12.1 Å². The average Bonchev–Trinajstić information content (AvgIpc) is 2.25. The number of anilines is 1. The summed E-state index contributed by atoms with van der Waals surface area (Å²) in [5, 5.41) is 5.33. The zero-order valence-corrected chi connectivity index (χ0v) is 10.4. The molecule has 0 saturated heterocycles. The molecule has 1 rings (SSSR count). The molecular formula is C11H14F3N3O2. The van der Waals surface area contributed by atoms with Crippen molar-refractivity contribution in [2.45, 2.75) is 26.3 Å². The van der Waals surface area contributed by atoms with Crippen molar-refractivity contribution in [1.82, 2.24) is 10.3 Å². The van der Waals surface area contributed by atoms with Gasteiger partial charge in [-0.2, -0.15) is 0 Å². The fraction of sp³-hybridized carbons (Fsp3) is 0.455. The van der Waals surface area contributed by atoms with Gasteiger partial charge < -0.3 is 15.4 Å². The first-order valence-electron chi connectivity index (χ1n) is 5.51. The fourth-order valence-electron chi connectivity index (χ4n) is 1.22. The van der Waals surface area contributed by atoms with Gasteiger partial charge in [0.1, 0.15) is 11.6 Å². The number of nitrogens with zero attached hydrogens (tertiary/aromatic N) is 1. The van der Waals surface area contributed by atoms with E-state index in [9.17, 15) is 18.0 Å². The number of hydrogen-bond acceptors (Lipinski definition) is 4. The lowest BCUT2D eigenvalue weighted by molar-refractivity contribution is -0.274. The summed E-state index contributed by atoms with van der Waals surface area (Å²) in [7, 11) is 0. The zero-order chi connectivity index (χ0) is 14.5. The van der Waals surface area contributed by atoms with Crippen LogP contribution in [-0.2, 0) is 4.79 Å². The third-order valence-electron chi connectivity index (χ3n) is 1.85. The number of ether oxygens (including phenoxy) is 1. The van der Waals surface area contributed by atoms with Crippen molar-refractivity contribution in [3.05, 3.63) is 18.3 Å². The molecule has 1 aromatic heterocycles. The quantitative estimate of drug-likeness (QED) is 0.863. The van der Waals surface area contributed by atoms with E-state index in [4.69, 9.17) is 0 Å². The lowest BCUT2D eigenvalue weighted by Crippen LogP contribution is -2.34. The standard InChI is InChI=1S/C11H14F3N3O2/c1-7(2)17-10(18)6-16-9-4-3-8(5-15-9)19-11(12,13)14/h3-5,7H,6H2,1-2H3,(H,15,16)(H,17,18). The highest BCUT2D eigenvalue weighted by Gasteiger charge is 2.31. The molecule has 0 radical (unpaired) electrons. The van der Waals surface area contributed by atoms with E-state index in [2.05, 4.69) is 20.4 Å². The van der Waals surface area contributed by atoms with Crippen LogP contribution in [0.2, 0.25) is 0 Å². The lowest BCUT2D eigenvalue weighted by atomic mass is 10.4. The van der Waals surface area contributed by atoms with Gasteiger partial charge in [0.15, 0.2) is 0 Å². The molecule has 0 saturated carbocycles. The number of aromatic nitrogens is 1. The highest BCUT2D eigenvalue weighted by Crippen LogP contribution is 2.22. The van der Waals surface area contributed by atoms with Crippen LogP contribution in [0.5, 0.6) is 5.75 Å². The zero-order valence-electron chi connectivity index (χ0n) is 10.4. The highest BCUT2D eigenvalue weighted by atomic mass is 19.4. The van der Waals surface area contributed by atoms with Crippen LogP contribution in [0.3, 0.4) is 0 Å². The summed E-state index contributed by atoms with van der Waals surface area (Å²) in [6.07, 6.45) is -3.82. The molecule has 0 aliphatic heterocycles. The second kappa shape index (κ2) is 6.26. The molecule has 19 heavy (non-hydrogen) atoms. The molecule has 0 aromatic carbocycles. The molecule has 0 atom stereocenters. The first kappa shape index (κ1) is 15.1. The summed E-state index contributed by atoms with van der Waals surface area (Å²) in [4.78, 5) is 15.0. The van der Waals surface area contributed by atoms with Crippen molar-refractivity contribution >= 4 is 11.7 Å². The van der Waals surface area contributed by atoms with Crippen molar-refractivity contribution in [2.75, 3.05) is 11.9 Å². The second-order valence-electron chi connectivity index (χ2n) is 4.00. The Morgan fingerprint density at radius 3 is 2.58 bits per heavy atom. The normalized spacial score (nSPS) is 11.3. The van der Waals surface area contributed by atoms with E-state index in [1.54, 1.807) is 0 Å². The van der Waals surface area contributed by atoms with Gasteiger partial charge in [0.25, 0.3) is 0 Å². The molecule has 0 aliphatic rings. The number of amides is 1. The third-order valence-corrected chi connectivity index (χ3v) is 1.85. The van der Waals surface area contributed by atoms with E-state index in [1.807, 2.05) is 13.8 Å². The van der Waals surface area contributed by atoms with Gasteiger partial charge in [-0.25, -0.2) is 4.98 Å². The van der Waals surface area contributed by atoms with Crippen LogP contribution in [-0.4, -0.2) is 29.8 Å². The number of alkyl halides is 3. The van der Waals surface area contributed by atoms with Crippen LogP contribution in [0, 0.1) is 0 Å². The SMILES string of the molecule is CC(C)NC(=O)CNc1ccc(OC(F)(F)F)cn1. The molecule has 5 nitrogen and oxygen atoms in total. The van der Waals surface area contributed by atoms with Crippen LogP contribution < -0.4 is 15.4 Å². The Bertz CT molecular complexity index is 418. The number of carbonyl (C=O) groups is 1. The lowest BCUT2D eigenvalue weighted by Gasteiger charge is -2.11. The van der Waals surface area contributed by atoms with Crippen LogP contribution in [0.4, 0.5) is 19.0 Å². The van der Waals surface area contributed by atoms with Crippen LogP contribution >= 0.6 is 0 Å².